The molecular weight excluding hydrogens is 132 g/mol. The van der Waals surface area contributed by atoms with E-state index in [0.29, 0.717) is 6.61 Å². The second-order valence-electron chi connectivity index (χ2n) is 2.55. The molecule has 3 heteroatoms. The van der Waals surface area contributed by atoms with Gasteiger partial charge in [-0.2, -0.15) is 0 Å². The van der Waals surface area contributed by atoms with Crippen molar-refractivity contribution in [3.63, 3.8) is 0 Å². The van der Waals surface area contributed by atoms with Crippen LogP contribution in [-0.2, 0) is 14.3 Å². The Bertz CT molecular complexity index is 133. The van der Waals surface area contributed by atoms with Crippen molar-refractivity contribution in [3.8, 4) is 0 Å². The van der Waals surface area contributed by atoms with Gasteiger partial charge in [0, 0.05) is 0 Å². The molecule has 0 spiro atoms. The van der Waals surface area contributed by atoms with Crippen LogP contribution in [0.3, 0.4) is 0 Å². The van der Waals surface area contributed by atoms with Gasteiger partial charge in [0.25, 0.3) is 0 Å². The summed E-state index contributed by atoms with van der Waals surface area (Å²) in [5.74, 6) is -0.0495. The lowest BCUT2D eigenvalue weighted by molar-refractivity contribution is -0.205. The number of rotatable bonds is 1. The van der Waals surface area contributed by atoms with Crippen LogP contribution in [0.25, 0.3) is 0 Å². The Balaban J connectivity index is 2.39. The van der Waals surface area contributed by atoms with Gasteiger partial charge in [-0.15, -0.1) is 0 Å². The molecule has 0 radical (unpaired) electrons. The van der Waals surface area contributed by atoms with Gasteiger partial charge < -0.3 is 9.47 Å². The summed E-state index contributed by atoms with van der Waals surface area (Å²) < 4.78 is 10.2. The zero-order valence-corrected chi connectivity index (χ0v) is 6.29. The van der Waals surface area contributed by atoms with Crippen molar-refractivity contribution in [3.05, 3.63) is 0 Å². The van der Waals surface area contributed by atoms with Gasteiger partial charge in [-0.25, -0.2) is 0 Å². The lowest BCUT2D eigenvalue weighted by Gasteiger charge is -2.25. The van der Waals surface area contributed by atoms with Crippen molar-refractivity contribution in [1.29, 1.82) is 0 Å². The third-order valence-corrected chi connectivity index (χ3v) is 1.48. The minimum absolute atomic E-state index is 0.0495. The quantitative estimate of drug-likeness (QED) is 0.544. The molecule has 0 N–H and O–H groups in total. The van der Waals surface area contributed by atoms with Crippen LogP contribution in [-0.4, -0.2) is 24.8 Å². The van der Waals surface area contributed by atoms with Gasteiger partial charge in [-0.3, -0.25) is 4.79 Å². The van der Waals surface area contributed by atoms with Gasteiger partial charge in [-0.05, 0) is 20.3 Å². The monoisotopic (exact) mass is 144 g/mol. The maximum atomic E-state index is 10.7. The van der Waals surface area contributed by atoms with Crippen LogP contribution in [0, 0.1) is 0 Å². The third-order valence-electron chi connectivity index (χ3n) is 1.48. The molecule has 1 aliphatic rings. The molecule has 1 aliphatic heterocycles. The zero-order valence-electron chi connectivity index (χ0n) is 6.29. The number of hydrogen-bond acceptors (Lipinski definition) is 3. The third kappa shape index (κ3) is 1.78. The highest BCUT2D eigenvalue weighted by molar-refractivity contribution is 5.79. The molecule has 1 heterocycles. The number of ether oxygens (including phenoxy) is 2. The summed E-state index contributed by atoms with van der Waals surface area (Å²) in [6.07, 6.45) is 0.426. The molecule has 58 valence electrons. The first-order chi connectivity index (χ1) is 4.70. The van der Waals surface area contributed by atoms with Crippen LogP contribution in [0.2, 0.25) is 0 Å². The predicted octanol–water partition coefficient (Wildman–Crippen LogP) is 0.727. The van der Waals surface area contributed by atoms with E-state index in [1.54, 1.807) is 0 Å². The second-order valence-corrected chi connectivity index (χ2v) is 2.55. The summed E-state index contributed by atoms with van der Waals surface area (Å²) >= 11 is 0. The number of Topliss-reactive ketones (excluding diaryl/α,β-unsaturated/α-hetero) is 1. The second kappa shape index (κ2) is 3.12. The normalized spacial score (nSPS) is 33.8. The number of carbonyl (C=O) groups is 1. The first-order valence-corrected chi connectivity index (χ1v) is 3.47. The Morgan fingerprint density at radius 3 is 2.70 bits per heavy atom. The van der Waals surface area contributed by atoms with Crippen LogP contribution < -0.4 is 0 Å². The molecule has 0 aliphatic carbocycles. The molecule has 0 amide bonds. The Kier molecular flexibility index (Phi) is 2.40. The summed E-state index contributed by atoms with van der Waals surface area (Å²) in [7, 11) is 0. The smallest absolute Gasteiger partial charge is 0.217 e. The zero-order chi connectivity index (χ0) is 7.56. The first-order valence-electron chi connectivity index (χ1n) is 3.47. The summed E-state index contributed by atoms with van der Waals surface area (Å²) in [4.78, 5) is 10.7. The van der Waals surface area contributed by atoms with Gasteiger partial charge in [-0.1, -0.05) is 0 Å². The molecular formula is C7H12O3. The van der Waals surface area contributed by atoms with E-state index in [1.807, 2.05) is 6.92 Å². The predicted molar refractivity (Wildman–Crippen MR) is 35.6 cm³/mol. The molecule has 0 aromatic carbocycles. The van der Waals surface area contributed by atoms with Gasteiger partial charge in [0.15, 0.2) is 5.78 Å². The highest BCUT2D eigenvalue weighted by Crippen LogP contribution is 2.11. The van der Waals surface area contributed by atoms with E-state index in [0.717, 1.165) is 6.42 Å². The number of hydrogen-bond donors (Lipinski definition) is 0. The molecule has 10 heavy (non-hydrogen) atoms. The molecule has 1 saturated heterocycles. The van der Waals surface area contributed by atoms with E-state index in [2.05, 4.69) is 0 Å². The molecule has 0 bridgehead atoms. The lowest BCUT2D eigenvalue weighted by Crippen LogP contribution is -2.35. The van der Waals surface area contributed by atoms with E-state index in [9.17, 15) is 4.79 Å². The topological polar surface area (TPSA) is 35.5 Å². The average Bonchev–Trinajstić information content (AvgIpc) is 1.88. The maximum absolute atomic E-state index is 10.7. The average molecular weight is 144 g/mol. The minimum atomic E-state index is -0.608. The maximum Gasteiger partial charge on any atom is 0.217 e. The largest absolute Gasteiger partial charge is 0.346 e. The van der Waals surface area contributed by atoms with E-state index in [-0.39, 0.29) is 11.9 Å². The molecule has 0 aromatic heterocycles. The first kappa shape index (κ1) is 7.69. The van der Waals surface area contributed by atoms with Gasteiger partial charge >= 0.3 is 0 Å². The molecule has 0 aromatic rings. The fraction of sp³-hybridized carbons (Fsp3) is 0.857. The fourth-order valence-corrected chi connectivity index (χ4v) is 0.873. The highest BCUT2D eigenvalue weighted by atomic mass is 16.7. The Labute approximate surface area is 60.3 Å². The summed E-state index contributed by atoms with van der Waals surface area (Å²) in [6, 6.07) is 0. The summed E-state index contributed by atoms with van der Waals surface area (Å²) in [5, 5.41) is 0. The highest BCUT2D eigenvalue weighted by Gasteiger charge is 2.22. The van der Waals surface area contributed by atoms with Crippen molar-refractivity contribution < 1.29 is 14.3 Å². The van der Waals surface area contributed by atoms with Crippen molar-refractivity contribution in [1.82, 2.24) is 0 Å². The Morgan fingerprint density at radius 2 is 2.30 bits per heavy atom. The van der Waals surface area contributed by atoms with Crippen molar-refractivity contribution in [2.24, 2.45) is 0 Å². The number of ketones is 1. The molecule has 0 unspecified atom stereocenters. The van der Waals surface area contributed by atoms with Crippen molar-refractivity contribution in [2.75, 3.05) is 6.61 Å². The minimum Gasteiger partial charge on any atom is -0.346 e. The molecule has 2 atom stereocenters. The SMILES string of the molecule is CC(=O)[C@@H]1OCC[C@@H](C)O1. The fourth-order valence-electron chi connectivity index (χ4n) is 0.873. The van der Waals surface area contributed by atoms with Gasteiger partial charge in [0.05, 0.1) is 12.7 Å². The van der Waals surface area contributed by atoms with Gasteiger partial charge in [0.1, 0.15) is 0 Å². The summed E-state index contributed by atoms with van der Waals surface area (Å²) in [6.45, 7) is 4.05. The van der Waals surface area contributed by atoms with E-state index in [1.165, 1.54) is 6.92 Å². The Morgan fingerprint density at radius 1 is 1.60 bits per heavy atom. The molecule has 1 rings (SSSR count). The standard InChI is InChI=1S/C7H12O3/c1-5-3-4-9-7(10-5)6(2)8/h5,7H,3-4H2,1-2H3/t5-,7-/m1/s1. The Hall–Kier alpha value is -0.410. The molecule has 0 saturated carbocycles. The van der Waals surface area contributed by atoms with Crippen LogP contribution in [0.15, 0.2) is 0 Å². The molecule has 3 nitrogen and oxygen atoms in total. The van der Waals surface area contributed by atoms with Crippen LogP contribution in [0.5, 0.6) is 0 Å². The number of carbonyl (C=O) groups excluding carboxylic acids is 1. The summed E-state index contributed by atoms with van der Waals surface area (Å²) in [5.41, 5.74) is 0. The van der Waals surface area contributed by atoms with Crippen molar-refractivity contribution >= 4 is 5.78 Å². The molecule has 1 fully saturated rings. The lowest BCUT2D eigenvalue weighted by atomic mass is 10.2. The van der Waals surface area contributed by atoms with E-state index < -0.39 is 6.29 Å². The van der Waals surface area contributed by atoms with Crippen LogP contribution in [0.4, 0.5) is 0 Å². The van der Waals surface area contributed by atoms with Gasteiger partial charge in [0.2, 0.25) is 6.29 Å². The van der Waals surface area contributed by atoms with Crippen LogP contribution >= 0.6 is 0 Å². The van der Waals surface area contributed by atoms with E-state index in [4.69, 9.17) is 9.47 Å². The van der Waals surface area contributed by atoms with E-state index >= 15 is 0 Å². The van der Waals surface area contributed by atoms with Crippen molar-refractivity contribution in [2.45, 2.75) is 32.7 Å². The van der Waals surface area contributed by atoms with Crippen LogP contribution in [0.1, 0.15) is 20.3 Å².